The van der Waals surface area contributed by atoms with Crippen molar-refractivity contribution in [3.63, 3.8) is 0 Å². The summed E-state index contributed by atoms with van der Waals surface area (Å²) in [6, 6.07) is 0.231. The van der Waals surface area contributed by atoms with Crippen LogP contribution in [0.3, 0.4) is 0 Å². The van der Waals surface area contributed by atoms with Gasteiger partial charge in [-0.25, -0.2) is 8.42 Å². The maximum Gasteiger partial charge on any atom is 0.217 e. The van der Waals surface area contributed by atoms with Crippen molar-refractivity contribution in [1.82, 2.24) is 4.31 Å². The molecule has 18 heavy (non-hydrogen) atoms. The first-order valence-corrected chi connectivity index (χ1v) is 8.41. The zero-order chi connectivity index (χ0) is 14.4. The van der Waals surface area contributed by atoms with Gasteiger partial charge in [-0.3, -0.25) is 0 Å². The molecule has 1 saturated carbocycles. The Morgan fingerprint density at radius 2 is 1.56 bits per heavy atom. The van der Waals surface area contributed by atoms with Gasteiger partial charge in [-0.05, 0) is 52.4 Å². The van der Waals surface area contributed by atoms with Crippen LogP contribution in [-0.2, 0) is 10.0 Å². The largest absolute Gasteiger partial charge is 0.217 e. The lowest BCUT2D eigenvalue weighted by atomic mass is 9.81. The third kappa shape index (κ3) is 3.70. The Balaban J connectivity index is 3.06. The van der Waals surface area contributed by atoms with Gasteiger partial charge in [0.2, 0.25) is 10.0 Å². The highest BCUT2D eigenvalue weighted by Crippen LogP contribution is 2.41. The molecule has 0 amide bonds. The van der Waals surface area contributed by atoms with Gasteiger partial charge >= 0.3 is 0 Å². The molecule has 0 saturated heterocycles. The Hall–Kier alpha value is -0.0900. The number of sulfonamides is 1. The minimum atomic E-state index is -3.17. The normalized spacial score (nSPS) is 18.7. The van der Waals surface area contributed by atoms with Gasteiger partial charge < -0.3 is 0 Å². The van der Waals surface area contributed by atoms with Crippen LogP contribution in [0.25, 0.3) is 0 Å². The fourth-order valence-electron chi connectivity index (χ4n) is 2.96. The first-order valence-electron chi connectivity index (χ1n) is 6.91. The van der Waals surface area contributed by atoms with E-state index >= 15 is 0 Å². The minimum absolute atomic E-state index is 0.128. The van der Waals surface area contributed by atoms with E-state index in [0.29, 0.717) is 0 Å². The third-order valence-electron chi connectivity index (χ3n) is 3.31. The average molecular weight is 275 g/mol. The summed E-state index contributed by atoms with van der Waals surface area (Å²) in [4.78, 5) is 0. The van der Waals surface area contributed by atoms with Crippen LogP contribution in [0.1, 0.15) is 67.7 Å². The molecule has 4 heteroatoms. The molecule has 0 N–H and O–H groups in total. The number of hydrogen-bond donors (Lipinski definition) is 0. The second kappa shape index (κ2) is 4.78. The number of hydrogen-bond acceptors (Lipinski definition) is 2. The van der Waals surface area contributed by atoms with Gasteiger partial charge in [0.25, 0.3) is 0 Å². The van der Waals surface area contributed by atoms with Crippen LogP contribution < -0.4 is 0 Å². The zero-order valence-electron chi connectivity index (χ0n) is 12.9. The van der Waals surface area contributed by atoms with E-state index in [0.717, 1.165) is 19.3 Å². The number of nitrogens with zero attached hydrogens (tertiary/aromatic N) is 1. The quantitative estimate of drug-likeness (QED) is 0.771. The topological polar surface area (TPSA) is 37.4 Å². The summed E-state index contributed by atoms with van der Waals surface area (Å²) < 4.78 is 26.9. The molecular formula is C14H29NO2S. The lowest BCUT2D eigenvalue weighted by Crippen LogP contribution is -2.52. The van der Waals surface area contributed by atoms with Gasteiger partial charge in [0, 0.05) is 11.6 Å². The van der Waals surface area contributed by atoms with Gasteiger partial charge in [-0.2, -0.15) is 4.31 Å². The highest BCUT2D eigenvalue weighted by molar-refractivity contribution is 7.89. The predicted octanol–water partition coefficient (Wildman–Crippen LogP) is 3.40. The number of rotatable bonds is 5. The van der Waals surface area contributed by atoms with Gasteiger partial charge in [0.05, 0.1) is 5.25 Å². The van der Waals surface area contributed by atoms with Crippen LogP contribution in [0.5, 0.6) is 0 Å². The van der Waals surface area contributed by atoms with Crippen molar-refractivity contribution in [3.8, 4) is 0 Å². The average Bonchev–Trinajstić information content (AvgIpc) is 2.81. The second-order valence-electron chi connectivity index (χ2n) is 7.67. The monoisotopic (exact) mass is 275 g/mol. The molecule has 0 unspecified atom stereocenters. The van der Waals surface area contributed by atoms with Crippen LogP contribution in [0.4, 0.5) is 0 Å². The molecular weight excluding hydrogens is 246 g/mol. The van der Waals surface area contributed by atoms with Crippen molar-refractivity contribution in [2.45, 2.75) is 84.6 Å². The molecule has 0 atom stereocenters. The Morgan fingerprint density at radius 1 is 1.11 bits per heavy atom. The standard InChI is InChI=1S/C14H29NO2S/c1-11(2)18(16,17)15(12-8-9-12)14(6,7)10-13(3,4)5/h11-12H,8-10H2,1-7H3. The van der Waals surface area contributed by atoms with E-state index in [2.05, 4.69) is 34.6 Å². The smallest absolute Gasteiger partial charge is 0.212 e. The van der Waals surface area contributed by atoms with Gasteiger partial charge in [0.1, 0.15) is 0 Å². The lowest BCUT2D eigenvalue weighted by Gasteiger charge is -2.42. The van der Waals surface area contributed by atoms with Crippen molar-refractivity contribution >= 4 is 10.0 Å². The van der Waals surface area contributed by atoms with Crippen molar-refractivity contribution in [3.05, 3.63) is 0 Å². The molecule has 0 aliphatic heterocycles. The highest BCUT2D eigenvalue weighted by Gasteiger charge is 2.47. The summed E-state index contributed by atoms with van der Waals surface area (Å²) in [6.07, 6.45) is 2.90. The summed E-state index contributed by atoms with van der Waals surface area (Å²) in [7, 11) is -3.17. The van der Waals surface area contributed by atoms with E-state index in [1.54, 1.807) is 18.2 Å². The van der Waals surface area contributed by atoms with Crippen LogP contribution in [-0.4, -0.2) is 29.6 Å². The molecule has 0 aromatic carbocycles. The fraction of sp³-hybridized carbons (Fsp3) is 1.00. The molecule has 0 radical (unpaired) electrons. The summed E-state index contributed by atoms with van der Waals surface area (Å²) in [5.41, 5.74) is -0.175. The van der Waals surface area contributed by atoms with Crippen LogP contribution in [0.15, 0.2) is 0 Å². The third-order valence-corrected chi connectivity index (χ3v) is 5.84. The molecule has 1 aliphatic rings. The Morgan fingerprint density at radius 3 is 1.83 bits per heavy atom. The summed E-state index contributed by atoms with van der Waals surface area (Å²) in [5.74, 6) is 0. The first-order chi connectivity index (χ1) is 7.88. The van der Waals surface area contributed by atoms with Crippen molar-refractivity contribution in [1.29, 1.82) is 0 Å². The highest BCUT2D eigenvalue weighted by atomic mass is 32.2. The molecule has 108 valence electrons. The molecule has 1 rings (SSSR count). The van der Waals surface area contributed by atoms with Gasteiger partial charge in [-0.1, -0.05) is 20.8 Å². The Bertz CT molecular complexity index is 387. The summed E-state index contributed by atoms with van der Waals surface area (Å²) in [5, 5.41) is -0.336. The summed E-state index contributed by atoms with van der Waals surface area (Å²) in [6.45, 7) is 14.2. The maximum absolute atomic E-state index is 12.6. The van der Waals surface area contributed by atoms with E-state index in [4.69, 9.17) is 0 Å². The second-order valence-corrected chi connectivity index (χ2v) is 10.0. The minimum Gasteiger partial charge on any atom is -0.212 e. The van der Waals surface area contributed by atoms with E-state index in [-0.39, 0.29) is 22.2 Å². The van der Waals surface area contributed by atoms with E-state index < -0.39 is 10.0 Å². The van der Waals surface area contributed by atoms with Crippen molar-refractivity contribution < 1.29 is 8.42 Å². The molecule has 3 nitrogen and oxygen atoms in total. The molecule has 0 spiro atoms. The van der Waals surface area contributed by atoms with E-state index in [9.17, 15) is 8.42 Å². The zero-order valence-corrected chi connectivity index (χ0v) is 13.8. The summed E-state index contributed by atoms with van der Waals surface area (Å²) >= 11 is 0. The van der Waals surface area contributed by atoms with Crippen molar-refractivity contribution in [2.24, 2.45) is 5.41 Å². The van der Waals surface area contributed by atoms with Crippen LogP contribution >= 0.6 is 0 Å². The van der Waals surface area contributed by atoms with Crippen LogP contribution in [0, 0.1) is 5.41 Å². The van der Waals surface area contributed by atoms with E-state index in [1.165, 1.54) is 0 Å². The lowest BCUT2D eigenvalue weighted by molar-refractivity contribution is 0.148. The maximum atomic E-state index is 12.6. The Labute approximate surface area is 113 Å². The van der Waals surface area contributed by atoms with E-state index in [1.807, 2.05) is 0 Å². The van der Waals surface area contributed by atoms with Gasteiger partial charge in [0.15, 0.2) is 0 Å². The molecule has 0 bridgehead atoms. The Kier molecular flexibility index (Phi) is 4.24. The van der Waals surface area contributed by atoms with Crippen molar-refractivity contribution in [2.75, 3.05) is 0 Å². The van der Waals surface area contributed by atoms with Gasteiger partial charge in [-0.15, -0.1) is 0 Å². The molecule has 0 heterocycles. The molecule has 1 fully saturated rings. The first kappa shape index (κ1) is 16.0. The molecule has 0 aromatic rings. The molecule has 0 aromatic heterocycles. The predicted molar refractivity (Wildman–Crippen MR) is 77.1 cm³/mol. The van der Waals surface area contributed by atoms with Crippen LogP contribution in [0.2, 0.25) is 0 Å². The SMILES string of the molecule is CC(C)S(=O)(=O)N(C1CC1)C(C)(C)CC(C)(C)C. The fourth-order valence-corrected chi connectivity index (χ4v) is 4.79. The molecule has 1 aliphatic carbocycles.